The largest absolute Gasteiger partial charge is 0.481 e. The number of aldehydes is 1. The SMILES string of the molecule is COc1ccc(Cc2ccc(C=O)c(F)n2)cn1. The van der Waals surface area contributed by atoms with E-state index < -0.39 is 5.95 Å². The number of hydrogen-bond acceptors (Lipinski definition) is 4. The highest BCUT2D eigenvalue weighted by Gasteiger charge is 2.05. The van der Waals surface area contributed by atoms with E-state index in [9.17, 15) is 9.18 Å². The van der Waals surface area contributed by atoms with Gasteiger partial charge >= 0.3 is 0 Å². The summed E-state index contributed by atoms with van der Waals surface area (Å²) in [5.41, 5.74) is 1.40. The Balaban J connectivity index is 2.17. The van der Waals surface area contributed by atoms with Crippen LogP contribution in [-0.2, 0) is 6.42 Å². The molecule has 92 valence electrons. The second-order valence-corrected chi connectivity index (χ2v) is 3.69. The van der Waals surface area contributed by atoms with Crippen LogP contribution in [0, 0.1) is 5.95 Å². The van der Waals surface area contributed by atoms with Crippen molar-refractivity contribution in [1.82, 2.24) is 9.97 Å². The maximum absolute atomic E-state index is 13.3. The van der Waals surface area contributed by atoms with Crippen LogP contribution in [0.4, 0.5) is 4.39 Å². The summed E-state index contributed by atoms with van der Waals surface area (Å²) in [4.78, 5) is 18.2. The molecule has 4 nitrogen and oxygen atoms in total. The zero-order chi connectivity index (χ0) is 13.0. The van der Waals surface area contributed by atoms with Crippen LogP contribution >= 0.6 is 0 Å². The maximum atomic E-state index is 13.3. The lowest BCUT2D eigenvalue weighted by molar-refractivity contribution is 0.111. The minimum Gasteiger partial charge on any atom is -0.481 e. The van der Waals surface area contributed by atoms with Crippen LogP contribution in [0.3, 0.4) is 0 Å². The van der Waals surface area contributed by atoms with Gasteiger partial charge in [0.1, 0.15) is 0 Å². The zero-order valence-corrected chi connectivity index (χ0v) is 9.76. The van der Waals surface area contributed by atoms with Gasteiger partial charge in [-0.25, -0.2) is 9.97 Å². The molecule has 0 bridgehead atoms. The first-order chi connectivity index (χ1) is 8.72. The lowest BCUT2D eigenvalue weighted by atomic mass is 10.1. The molecular weight excluding hydrogens is 235 g/mol. The Kier molecular flexibility index (Phi) is 3.62. The first-order valence-corrected chi connectivity index (χ1v) is 5.32. The van der Waals surface area contributed by atoms with Gasteiger partial charge in [0.05, 0.1) is 12.7 Å². The number of methoxy groups -OCH3 is 1. The summed E-state index contributed by atoms with van der Waals surface area (Å²) >= 11 is 0. The van der Waals surface area contributed by atoms with Crippen molar-refractivity contribution in [3.63, 3.8) is 0 Å². The molecule has 2 rings (SSSR count). The van der Waals surface area contributed by atoms with Gasteiger partial charge in [0.25, 0.3) is 0 Å². The molecule has 0 amide bonds. The third-order valence-electron chi connectivity index (χ3n) is 2.45. The number of rotatable bonds is 4. The van der Waals surface area contributed by atoms with Gasteiger partial charge in [0.15, 0.2) is 6.29 Å². The Morgan fingerprint density at radius 1 is 1.33 bits per heavy atom. The number of nitrogens with zero attached hydrogens (tertiary/aromatic N) is 2. The number of carbonyl (C=O) groups is 1. The van der Waals surface area contributed by atoms with E-state index in [1.165, 1.54) is 13.2 Å². The van der Waals surface area contributed by atoms with Gasteiger partial charge in [0.2, 0.25) is 11.8 Å². The summed E-state index contributed by atoms with van der Waals surface area (Å²) in [5.74, 6) is -0.224. The molecule has 0 aliphatic rings. The minimum atomic E-state index is -0.746. The van der Waals surface area contributed by atoms with Crippen LogP contribution < -0.4 is 4.74 Å². The van der Waals surface area contributed by atoms with Crippen molar-refractivity contribution >= 4 is 6.29 Å². The fourth-order valence-corrected chi connectivity index (χ4v) is 1.51. The van der Waals surface area contributed by atoms with Gasteiger partial charge < -0.3 is 4.74 Å². The van der Waals surface area contributed by atoms with Crippen LogP contribution in [0.5, 0.6) is 5.88 Å². The Bertz CT molecular complexity index is 555. The van der Waals surface area contributed by atoms with E-state index in [0.29, 0.717) is 24.3 Å². The molecule has 0 aliphatic heterocycles. The molecule has 2 aromatic rings. The van der Waals surface area contributed by atoms with E-state index in [0.717, 1.165) is 5.56 Å². The molecule has 0 radical (unpaired) electrons. The van der Waals surface area contributed by atoms with Crippen molar-refractivity contribution in [2.75, 3.05) is 7.11 Å². The van der Waals surface area contributed by atoms with Crippen LogP contribution in [0.1, 0.15) is 21.6 Å². The second-order valence-electron chi connectivity index (χ2n) is 3.69. The lowest BCUT2D eigenvalue weighted by Crippen LogP contribution is -1.99. The molecule has 0 unspecified atom stereocenters. The Morgan fingerprint density at radius 3 is 2.72 bits per heavy atom. The summed E-state index contributed by atoms with van der Waals surface area (Å²) in [6.45, 7) is 0. The Hall–Kier alpha value is -2.30. The number of halogens is 1. The van der Waals surface area contributed by atoms with E-state index in [4.69, 9.17) is 4.74 Å². The summed E-state index contributed by atoms with van der Waals surface area (Å²) in [5, 5.41) is 0. The number of aromatic nitrogens is 2. The normalized spacial score (nSPS) is 10.1. The monoisotopic (exact) mass is 246 g/mol. The van der Waals surface area contributed by atoms with Crippen molar-refractivity contribution in [3.8, 4) is 5.88 Å². The molecule has 0 saturated heterocycles. The quantitative estimate of drug-likeness (QED) is 0.611. The van der Waals surface area contributed by atoms with Crippen LogP contribution in [0.15, 0.2) is 30.5 Å². The van der Waals surface area contributed by atoms with Gasteiger partial charge in [-0.15, -0.1) is 0 Å². The molecular formula is C13H11FN2O2. The topological polar surface area (TPSA) is 52.1 Å². The van der Waals surface area contributed by atoms with Crippen molar-refractivity contribution in [1.29, 1.82) is 0 Å². The van der Waals surface area contributed by atoms with Gasteiger partial charge in [-0.2, -0.15) is 4.39 Å². The second kappa shape index (κ2) is 5.35. The minimum absolute atomic E-state index is 0.0356. The van der Waals surface area contributed by atoms with Crippen LogP contribution in [-0.4, -0.2) is 23.4 Å². The van der Waals surface area contributed by atoms with Gasteiger partial charge in [0, 0.05) is 24.4 Å². The van der Waals surface area contributed by atoms with Crippen molar-refractivity contribution < 1.29 is 13.9 Å². The molecule has 0 fully saturated rings. The summed E-state index contributed by atoms with van der Waals surface area (Å²) in [6, 6.07) is 6.60. The van der Waals surface area contributed by atoms with E-state index in [2.05, 4.69) is 9.97 Å². The summed E-state index contributed by atoms with van der Waals surface area (Å²) < 4.78 is 18.2. The standard InChI is InChI=1S/C13H11FN2O2/c1-18-12-5-2-9(7-15-12)6-11-4-3-10(8-17)13(14)16-11/h2-5,7-8H,6H2,1H3. The van der Waals surface area contributed by atoms with E-state index >= 15 is 0 Å². The molecule has 0 aromatic carbocycles. The van der Waals surface area contributed by atoms with E-state index in [1.54, 1.807) is 18.3 Å². The molecule has 0 spiro atoms. The first-order valence-electron chi connectivity index (χ1n) is 5.32. The molecule has 0 saturated carbocycles. The molecule has 0 N–H and O–H groups in total. The Morgan fingerprint density at radius 2 is 2.17 bits per heavy atom. The molecule has 2 aromatic heterocycles. The number of ether oxygens (including phenoxy) is 1. The van der Waals surface area contributed by atoms with E-state index in [1.807, 2.05) is 6.07 Å². The molecule has 5 heteroatoms. The van der Waals surface area contributed by atoms with Gasteiger partial charge in [-0.1, -0.05) is 6.07 Å². The maximum Gasteiger partial charge on any atom is 0.223 e. The summed E-state index contributed by atoms with van der Waals surface area (Å²) in [7, 11) is 1.54. The predicted octanol–water partition coefficient (Wildman–Crippen LogP) is 2.03. The number of hydrogen-bond donors (Lipinski definition) is 0. The average molecular weight is 246 g/mol. The predicted molar refractivity (Wildman–Crippen MR) is 63.2 cm³/mol. The Labute approximate surface area is 103 Å². The molecule has 18 heavy (non-hydrogen) atoms. The van der Waals surface area contributed by atoms with Crippen molar-refractivity contribution in [2.24, 2.45) is 0 Å². The fraction of sp³-hybridized carbons (Fsp3) is 0.154. The molecule has 0 aliphatic carbocycles. The zero-order valence-electron chi connectivity index (χ0n) is 9.76. The summed E-state index contributed by atoms with van der Waals surface area (Å²) in [6.07, 6.45) is 2.54. The number of carbonyl (C=O) groups excluding carboxylic acids is 1. The van der Waals surface area contributed by atoms with Gasteiger partial charge in [-0.3, -0.25) is 4.79 Å². The number of pyridine rings is 2. The van der Waals surface area contributed by atoms with Crippen LogP contribution in [0.2, 0.25) is 0 Å². The molecule has 0 atom stereocenters. The highest BCUT2D eigenvalue weighted by Crippen LogP contribution is 2.12. The third-order valence-corrected chi connectivity index (χ3v) is 2.45. The van der Waals surface area contributed by atoms with E-state index in [-0.39, 0.29) is 5.56 Å². The average Bonchev–Trinajstić information content (AvgIpc) is 2.40. The first kappa shape index (κ1) is 12.2. The van der Waals surface area contributed by atoms with Crippen molar-refractivity contribution in [3.05, 3.63) is 53.2 Å². The highest BCUT2D eigenvalue weighted by molar-refractivity contribution is 5.74. The smallest absolute Gasteiger partial charge is 0.223 e. The van der Waals surface area contributed by atoms with Crippen molar-refractivity contribution in [2.45, 2.75) is 6.42 Å². The highest BCUT2D eigenvalue weighted by atomic mass is 19.1. The fourth-order valence-electron chi connectivity index (χ4n) is 1.51. The third kappa shape index (κ3) is 2.68. The lowest BCUT2D eigenvalue weighted by Gasteiger charge is -2.03. The van der Waals surface area contributed by atoms with Crippen LogP contribution in [0.25, 0.3) is 0 Å². The van der Waals surface area contributed by atoms with Gasteiger partial charge in [-0.05, 0) is 17.7 Å². The molecule has 2 heterocycles.